The molecular formula is C14H11Cl2F3N3O3+. The number of rotatable bonds is 4. The summed E-state index contributed by atoms with van der Waals surface area (Å²) >= 11 is 11.6. The maximum atomic E-state index is 13.7. The van der Waals surface area contributed by atoms with Crippen LogP contribution in [0.25, 0.3) is 0 Å². The summed E-state index contributed by atoms with van der Waals surface area (Å²) in [4.78, 5) is 15.5. The summed E-state index contributed by atoms with van der Waals surface area (Å²) < 4.78 is 41.1. The molecule has 1 aliphatic heterocycles. The van der Waals surface area contributed by atoms with Gasteiger partial charge in [0.25, 0.3) is 5.60 Å². The first-order chi connectivity index (χ1) is 11.6. The second kappa shape index (κ2) is 7.03. The summed E-state index contributed by atoms with van der Waals surface area (Å²) in [6.07, 6.45) is -4.01. The van der Waals surface area contributed by atoms with E-state index >= 15 is 0 Å². The summed E-state index contributed by atoms with van der Waals surface area (Å²) in [6.45, 7) is 0. The van der Waals surface area contributed by atoms with Gasteiger partial charge in [-0.15, -0.1) is 0 Å². The van der Waals surface area contributed by atoms with Gasteiger partial charge in [-0.1, -0.05) is 23.2 Å². The number of oxime groups is 1. The van der Waals surface area contributed by atoms with Gasteiger partial charge in [0.05, 0.1) is 0 Å². The number of amidine groups is 1. The Hall–Kier alpha value is -2.10. The van der Waals surface area contributed by atoms with Crippen molar-refractivity contribution in [3.63, 3.8) is 0 Å². The maximum absolute atomic E-state index is 13.7. The van der Waals surface area contributed by atoms with Crippen molar-refractivity contribution < 1.29 is 33.2 Å². The fourth-order valence-corrected chi connectivity index (χ4v) is 2.70. The van der Waals surface area contributed by atoms with E-state index in [4.69, 9.17) is 38.6 Å². The molecule has 134 valence electrons. The molecule has 1 aromatic carbocycles. The highest BCUT2D eigenvalue weighted by molar-refractivity contribution is 6.34. The SMILES string of the molecule is N=C/C(=C\[NH2+]C1=NOC(c2cc(Cl)cc(Cl)c2)(C(F)(F)F)C1)C(=O)O. The summed E-state index contributed by atoms with van der Waals surface area (Å²) in [5.41, 5.74) is -3.52. The van der Waals surface area contributed by atoms with Crippen molar-refractivity contribution in [1.82, 2.24) is 0 Å². The van der Waals surface area contributed by atoms with Crippen molar-refractivity contribution in [3.8, 4) is 0 Å². The highest BCUT2D eigenvalue weighted by Gasteiger charge is 2.63. The monoisotopic (exact) mass is 396 g/mol. The van der Waals surface area contributed by atoms with E-state index in [9.17, 15) is 18.0 Å². The van der Waals surface area contributed by atoms with Gasteiger partial charge in [0.1, 0.15) is 18.2 Å². The zero-order valence-corrected chi connectivity index (χ0v) is 13.8. The zero-order valence-electron chi connectivity index (χ0n) is 12.3. The number of aliphatic carboxylic acids is 1. The molecule has 4 N–H and O–H groups in total. The molecule has 25 heavy (non-hydrogen) atoms. The lowest BCUT2D eigenvalue weighted by Gasteiger charge is -2.28. The molecule has 0 radical (unpaired) electrons. The fourth-order valence-electron chi connectivity index (χ4n) is 2.17. The highest BCUT2D eigenvalue weighted by Crippen LogP contribution is 2.48. The van der Waals surface area contributed by atoms with E-state index in [1.165, 1.54) is 6.07 Å². The van der Waals surface area contributed by atoms with Crippen LogP contribution >= 0.6 is 23.2 Å². The van der Waals surface area contributed by atoms with Crippen LogP contribution in [0.5, 0.6) is 0 Å². The number of halogens is 5. The van der Waals surface area contributed by atoms with E-state index in [-0.39, 0.29) is 21.4 Å². The lowest BCUT2D eigenvalue weighted by atomic mass is 9.89. The smallest absolute Gasteiger partial charge is 0.436 e. The molecule has 0 saturated carbocycles. The first-order valence-electron chi connectivity index (χ1n) is 6.66. The molecule has 0 saturated heterocycles. The molecule has 2 rings (SSSR count). The molecule has 1 aromatic rings. The lowest BCUT2D eigenvalue weighted by molar-refractivity contribution is -0.465. The maximum Gasteiger partial charge on any atom is 0.436 e. The molecule has 0 aliphatic carbocycles. The van der Waals surface area contributed by atoms with Gasteiger partial charge in [-0.05, 0) is 23.4 Å². The molecule has 0 bridgehead atoms. The van der Waals surface area contributed by atoms with E-state index in [0.717, 1.165) is 23.6 Å². The van der Waals surface area contributed by atoms with Crippen molar-refractivity contribution in [3.05, 3.63) is 45.6 Å². The Morgan fingerprint density at radius 2 is 1.96 bits per heavy atom. The van der Waals surface area contributed by atoms with Crippen LogP contribution in [0.3, 0.4) is 0 Å². The molecule has 0 fully saturated rings. The Bertz CT molecular complexity index is 760. The van der Waals surface area contributed by atoms with Crippen molar-refractivity contribution in [2.24, 2.45) is 5.16 Å². The number of carboxylic acids is 1. The second-order valence-corrected chi connectivity index (χ2v) is 5.94. The number of carboxylic acid groups (broad SMARTS) is 1. The average Bonchev–Trinajstić information content (AvgIpc) is 2.92. The minimum absolute atomic E-state index is 0.00372. The highest BCUT2D eigenvalue weighted by atomic mass is 35.5. The van der Waals surface area contributed by atoms with Crippen molar-refractivity contribution >= 4 is 41.2 Å². The minimum atomic E-state index is -4.83. The molecule has 6 nitrogen and oxygen atoms in total. The average molecular weight is 397 g/mol. The number of alkyl halides is 3. The molecule has 1 heterocycles. The van der Waals surface area contributed by atoms with Crippen LogP contribution in [0.4, 0.5) is 13.2 Å². The van der Waals surface area contributed by atoms with E-state index < -0.39 is 29.7 Å². The number of hydrogen-bond acceptors (Lipinski definition) is 4. The molecule has 0 aromatic heterocycles. The Kier molecular flexibility index (Phi) is 5.40. The van der Waals surface area contributed by atoms with Gasteiger partial charge >= 0.3 is 12.1 Å². The van der Waals surface area contributed by atoms with Gasteiger partial charge in [-0.3, -0.25) is 5.32 Å². The third kappa shape index (κ3) is 3.94. The van der Waals surface area contributed by atoms with Crippen LogP contribution in [0.2, 0.25) is 10.0 Å². The molecular weight excluding hydrogens is 386 g/mol. The second-order valence-electron chi connectivity index (χ2n) is 5.07. The van der Waals surface area contributed by atoms with Gasteiger partial charge in [0, 0.05) is 21.8 Å². The predicted octanol–water partition coefficient (Wildman–Crippen LogP) is 2.67. The summed E-state index contributed by atoms with van der Waals surface area (Å²) in [7, 11) is 0. The van der Waals surface area contributed by atoms with Gasteiger partial charge in [0.15, 0.2) is 0 Å². The third-order valence-electron chi connectivity index (χ3n) is 3.39. The van der Waals surface area contributed by atoms with Gasteiger partial charge < -0.3 is 15.4 Å². The summed E-state index contributed by atoms with van der Waals surface area (Å²) in [5.74, 6) is -1.54. The van der Waals surface area contributed by atoms with Crippen molar-refractivity contribution in [1.29, 1.82) is 5.41 Å². The first kappa shape index (κ1) is 19.2. The lowest BCUT2D eigenvalue weighted by Crippen LogP contribution is -2.82. The van der Waals surface area contributed by atoms with Crippen LogP contribution in [0.15, 0.2) is 35.1 Å². The topological polar surface area (TPSA) is 99.4 Å². The van der Waals surface area contributed by atoms with Crippen LogP contribution < -0.4 is 5.32 Å². The molecule has 1 unspecified atom stereocenters. The Labute approximate surface area is 149 Å². The number of nitrogens with one attached hydrogen (secondary N) is 1. The van der Waals surface area contributed by atoms with E-state index in [2.05, 4.69) is 5.16 Å². The first-order valence-corrected chi connectivity index (χ1v) is 7.42. The number of nitrogens with zero attached hydrogens (tertiary/aromatic N) is 1. The quantitative estimate of drug-likeness (QED) is 0.538. The molecule has 1 aliphatic rings. The summed E-state index contributed by atoms with van der Waals surface area (Å²) in [6, 6.07) is 3.44. The van der Waals surface area contributed by atoms with Crippen LogP contribution in [0.1, 0.15) is 12.0 Å². The number of nitrogens with two attached hydrogens (primary N) is 1. The Balaban J connectivity index is 2.34. The standard InChI is InChI=1S/C14H10Cl2F3N3O3/c15-9-1-8(2-10(16)3-9)13(14(17,18)19)4-11(22-25-13)21-6-7(5-20)12(23)24/h1-3,5-6,20H,4H2,(H,21,22)(H,23,24)/p+1/b7-6+,20-5?. The molecule has 0 amide bonds. The minimum Gasteiger partial charge on any atom is -0.477 e. The molecule has 11 heteroatoms. The van der Waals surface area contributed by atoms with Crippen molar-refractivity contribution in [2.45, 2.75) is 18.2 Å². The van der Waals surface area contributed by atoms with Crippen molar-refractivity contribution in [2.75, 3.05) is 0 Å². The fraction of sp³-hybridized carbons (Fsp3) is 0.214. The summed E-state index contributed by atoms with van der Waals surface area (Å²) in [5, 5.41) is 20.2. The number of hydrogen-bond donors (Lipinski definition) is 3. The van der Waals surface area contributed by atoms with Gasteiger partial charge in [-0.25, -0.2) is 4.79 Å². The molecule has 1 atom stereocenters. The van der Waals surface area contributed by atoms with Crippen LogP contribution in [-0.4, -0.2) is 29.3 Å². The third-order valence-corrected chi connectivity index (χ3v) is 3.83. The number of quaternary nitrogens is 1. The largest absolute Gasteiger partial charge is 0.477 e. The van der Waals surface area contributed by atoms with Gasteiger partial charge in [0.2, 0.25) is 5.84 Å². The normalized spacial score (nSPS) is 20.8. The van der Waals surface area contributed by atoms with E-state index in [1.807, 2.05) is 0 Å². The number of carbonyl (C=O) groups is 1. The Morgan fingerprint density at radius 3 is 2.44 bits per heavy atom. The Morgan fingerprint density at radius 1 is 1.36 bits per heavy atom. The van der Waals surface area contributed by atoms with E-state index in [1.54, 1.807) is 0 Å². The van der Waals surface area contributed by atoms with Gasteiger partial charge in [-0.2, -0.15) is 13.2 Å². The molecule has 0 spiro atoms. The van der Waals surface area contributed by atoms with Crippen LogP contribution in [0, 0.1) is 5.41 Å². The predicted molar refractivity (Wildman–Crippen MR) is 83.8 cm³/mol. The number of benzene rings is 1. The zero-order chi connectivity index (χ0) is 18.8. The van der Waals surface area contributed by atoms with E-state index in [0.29, 0.717) is 6.21 Å². The van der Waals surface area contributed by atoms with Crippen LogP contribution in [-0.2, 0) is 15.2 Å².